The number of amides is 1. The molecule has 2 aromatic carbocycles. The second-order valence-corrected chi connectivity index (χ2v) is 7.57. The minimum Gasteiger partial charge on any atom is -0.454 e. The van der Waals surface area contributed by atoms with Crippen LogP contribution in [0.3, 0.4) is 0 Å². The Kier molecular flexibility index (Phi) is 4.00. The van der Waals surface area contributed by atoms with Crippen LogP contribution in [0.1, 0.15) is 18.5 Å². The van der Waals surface area contributed by atoms with Crippen LogP contribution in [0.25, 0.3) is 11.3 Å². The monoisotopic (exact) mass is 416 g/mol. The highest BCUT2D eigenvalue weighted by Crippen LogP contribution is 2.50. The van der Waals surface area contributed by atoms with Gasteiger partial charge in [-0.25, -0.2) is 0 Å². The number of carbonyl (C=O) groups excluding carboxylic acids is 1. The maximum atomic E-state index is 12.9. The number of anilines is 1. The van der Waals surface area contributed by atoms with E-state index < -0.39 is 5.41 Å². The van der Waals surface area contributed by atoms with Gasteiger partial charge < -0.3 is 19.3 Å². The summed E-state index contributed by atoms with van der Waals surface area (Å²) in [4.78, 5) is 12.9. The molecule has 0 saturated heterocycles. The predicted molar refractivity (Wildman–Crippen MR) is 104 cm³/mol. The zero-order valence-corrected chi connectivity index (χ0v) is 16.0. The normalized spacial score (nSPS) is 16.1. The van der Waals surface area contributed by atoms with Gasteiger partial charge >= 0.3 is 0 Å². The highest BCUT2D eigenvalue weighted by molar-refractivity contribution is 6.44. The number of halogens is 2. The molecule has 2 aliphatic rings. The molecule has 0 radical (unpaired) electrons. The van der Waals surface area contributed by atoms with E-state index in [1.165, 1.54) is 0 Å². The summed E-state index contributed by atoms with van der Waals surface area (Å²) in [5.41, 5.74) is 1.15. The van der Waals surface area contributed by atoms with Crippen molar-refractivity contribution in [2.45, 2.75) is 18.3 Å². The summed E-state index contributed by atoms with van der Waals surface area (Å²) in [5, 5.41) is 7.72. The van der Waals surface area contributed by atoms with Gasteiger partial charge in [0.25, 0.3) is 0 Å². The van der Waals surface area contributed by atoms with E-state index in [1.807, 2.05) is 18.2 Å². The number of hydrogen-bond donors (Lipinski definition) is 1. The topological polar surface area (TPSA) is 73.6 Å². The van der Waals surface area contributed by atoms with Crippen molar-refractivity contribution in [2.24, 2.45) is 0 Å². The average molecular weight is 417 g/mol. The standard InChI is InChI=1S/C20H14Cl2N2O4/c21-12-2-1-3-13(18(12)22)23-19(25)20(6-7-20)17-9-15(28-24-17)11-4-5-14-16(8-11)27-10-26-14/h1-5,8-9H,6-7,10H2,(H,23,25). The van der Waals surface area contributed by atoms with Crippen LogP contribution in [0.2, 0.25) is 10.0 Å². The summed E-state index contributed by atoms with van der Waals surface area (Å²) in [7, 11) is 0. The van der Waals surface area contributed by atoms with Gasteiger partial charge in [0.15, 0.2) is 17.3 Å². The minimum atomic E-state index is -0.719. The summed E-state index contributed by atoms with van der Waals surface area (Å²) in [6, 6.07) is 12.4. The Hall–Kier alpha value is -2.70. The first kappa shape index (κ1) is 17.4. The van der Waals surface area contributed by atoms with Crippen LogP contribution >= 0.6 is 23.2 Å². The number of benzene rings is 2. The van der Waals surface area contributed by atoms with Crippen LogP contribution in [0.5, 0.6) is 11.5 Å². The number of carbonyl (C=O) groups is 1. The molecule has 6 nitrogen and oxygen atoms in total. The smallest absolute Gasteiger partial charge is 0.236 e. The summed E-state index contributed by atoms with van der Waals surface area (Å²) in [6.45, 7) is 0.204. The highest BCUT2D eigenvalue weighted by atomic mass is 35.5. The Morgan fingerprint density at radius 3 is 2.71 bits per heavy atom. The van der Waals surface area contributed by atoms with Gasteiger partial charge in [-0.2, -0.15) is 0 Å². The van der Waals surface area contributed by atoms with Gasteiger partial charge in [0, 0.05) is 11.6 Å². The summed E-state index contributed by atoms with van der Waals surface area (Å²) < 4.78 is 16.2. The first-order valence-electron chi connectivity index (χ1n) is 8.69. The van der Waals surface area contributed by atoms with Crippen LogP contribution in [-0.4, -0.2) is 17.9 Å². The number of nitrogens with zero attached hydrogens (tertiary/aromatic N) is 1. The molecular weight excluding hydrogens is 403 g/mol. The molecule has 1 aromatic heterocycles. The fraction of sp³-hybridized carbons (Fsp3) is 0.200. The van der Waals surface area contributed by atoms with E-state index in [9.17, 15) is 4.79 Å². The van der Waals surface area contributed by atoms with Crippen LogP contribution in [0.15, 0.2) is 47.0 Å². The van der Waals surface area contributed by atoms with E-state index in [4.69, 9.17) is 37.2 Å². The lowest BCUT2D eigenvalue weighted by atomic mass is 10.00. The highest BCUT2D eigenvalue weighted by Gasteiger charge is 2.54. The zero-order chi connectivity index (χ0) is 19.3. The summed E-state index contributed by atoms with van der Waals surface area (Å²) >= 11 is 12.2. The number of nitrogens with one attached hydrogen (secondary N) is 1. The number of fused-ring (bicyclic) bond motifs is 1. The van der Waals surface area contributed by atoms with Crippen LogP contribution in [0.4, 0.5) is 5.69 Å². The van der Waals surface area contributed by atoms with E-state index in [0.29, 0.717) is 51.5 Å². The second kappa shape index (κ2) is 6.43. The number of rotatable bonds is 4. The maximum Gasteiger partial charge on any atom is 0.236 e. The van der Waals surface area contributed by atoms with Gasteiger partial charge in [-0.15, -0.1) is 0 Å². The lowest BCUT2D eigenvalue weighted by molar-refractivity contribution is -0.118. The lowest BCUT2D eigenvalue weighted by Crippen LogP contribution is -2.28. The van der Waals surface area contributed by atoms with E-state index in [-0.39, 0.29) is 12.7 Å². The molecule has 0 atom stereocenters. The van der Waals surface area contributed by atoms with Gasteiger partial charge in [-0.1, -0.05) is 34.4 Å². The third-order valence-corrected chi connectivity index (χ3v) is 5.86. The molecular formula is C20H14Cl2N2O4. The second-order valence-electron chi connectivity index (χ2n) is 6.78. The van der Waals surface area contributed by atoms with E-state index in [0.717, 1.165) is 5.56 Å². The molecule has 1 amide bonds. The molecule has 2 heterocycles. The molecule has 142 valence electrons. The Labute approximate surface area is 170 Å². The van der Waals surface area contributed by atoms with Crippen molar-refractivity contribution in [2.75, 3.05) is 12.1 Å². The number of ether oxygens (including phenoxy) is 2. The third-order valence-electron chi connectivity index (χ3n) is 5.04. The SMILES string of the molecule is O=C(Nc1cccc(Cl)c1Cl)C1(c2cc(-c3ccc4c(c3)OCO4)on2)CC1. The van der Waals surface area contributed by atoms with Gasteiger partial charge in [0.1, 0.15) is 0 Å². The Morgan fingerprint density at radius 1 is 1.07 bits per heavy atom. The van der Waals surface area contributed by atoms with Crippen molar-refractivity contribution in [3.8, 4) is 22.8 Å². The van der Waals surface area contributed by atoms with Crippen LogP contribution < -0.4 is 14.8 Å². The Bertz CT molecular complexity index is 1090. The van der Waals surface area contributed by atoms with E-state index >= 15 is 0 Å². The molecule has 1 fully saturated rings. The maximum absolute atomic E-state index is 12.9. The van der Waals surface area contributed by atoms with Gasteiger partial charge in [0.2, 0.25) is 12.7 Å². The quantitative estimate of drug-likeness (QED) is 0.644. The number of hydrogen-bond acceptors (Lipinski definition) is 5. The molecule has 1 saturated carbocycles. The average Bonchev–Trinajstić information content (AvgIpc) is 3.14. The third kappa shape index (κ3) is 2.80. The Morgan fingerprint density at radius 2 is 1.89 bits per heavy atom. The molecule has 0 spiro atoms. The molecule has 0 bridgehead atoms. The lowest BCUT2D eigenvalue weighted by Gasteiger charge is -2.13. The minimum absolute atomic E-state index is 0.179. The molecule has 1 aliphatic heterocycles. The Balaban J connectivity index is 1.40. The first-order valence-corrected chi connectivity index (χ1v) is 9.45. The molecule has 0 unspecified atom stereocenters. The van der Waals surface area contributed by atoms with Gasteiger partial charge in [0.05, 0.1) is 26.8 Å². The van der Waals surface area contributed by atoms with Crippen molar-refractivity contribution in [1.82, 2.24) is 5.16 Å². The molecule has 28 heavy (non-hydrogen) atoms. The van der Waals surface area contributed by atoms with Crippen molar-refractivity contribution >= 4 is 34.8 Å². The summed E-state index contributed by atoms with van der Waals surface area (Å²) in [6.07, 6.45) is 1.37. The molecule has 8 heteroatoms. The van der Waals surface area contributed by atoms with Crippen LogP contribution in [0, 0.1) is 0 Å². The first-order chi connectivity index (χ1) is 13.6. The van der Waals surface area contributed by atoms with Gasteiger partial charge in [-0.05, 0) is 43.2 Å². The van der Waals surface area contributed by atoms with E-state index in [1.54, 1.807) is 24.3 Å². The molecule has 5 rings (SSSR count). The van der Waals surface area contributed by atoms with E-state index in [2.05, 4.69) is 10.5 Å². The fourth-order valence-corrected chi connectivity index (χ4v) is 3.60. The molecule has 1 N–H and O–H groups in total. The van der Waals surface area contributed by atoms with Crippen LogP contribution in [-0.2, 0) is 10.2 Å². The molecule has 1 aliphatic carbocycles. The van der Waals surface area contributed by atoms with Crippen molar-refractivity contribution in [3.63, 3.8) is 0 Å². The van der Waals surface area contributed by atoms with Crippen molar-refractivity contribution in [1.29, 1.82) is 0 Å². The fourth-order valence-electron chi connectivity index (χ4n) is 3.25. The largest absolute Gasteiger partial charge is 0.454 e. The van der Waals surface area contributed by atoms with Gasteiger partial charge in [-0.3, -0.25) is 4.79 Å². The van der Waals surface area contributed by atoms with Crippen molar-refractivity contribution in [3.05, 3.63) is 58.2 Å². The number of aromatic nitrogens is 1. The molecule has 3 aromatic rings. The zero-order valence-electron chi connectivity index (χ0n) is 14.5. The summed E-state index contributed by atoms with van der Waals surface area (Å²) in [5.74, 6) is 1.74. The predicted octanol–water partition coefficient (Wildman–Crippen LogP) is 5.05. The van der Waals surface area contributed by atoms with Crippen molar-refractivity contribution < 1.29 is 18.8 Å².